The fourth-order valence-electron chi connectivity index (χ4n) is 5.16. The Morgan fingerprint density at radius 1 is 0.854 bits per heavy atom. The van der Waals surface area contributed by atoms with Crippen LogP contribution in [0.25, 0.3) is 0 Å². The molecule has 2 rings (SSSR count). The van der Waals surface area contributed by atoms with Crippen LogP contribution in [0, 0.1) is 11.8 Å². The molecule has 0 heterocycles. The highest BCUT2D eigenvalue weighted by Gasteiger charge is 2.35. The molecule has 0 spiro atoms. The summed E-state index contributed by atoms with van der Waals surface area (Å²) in [7, 11) is 0. The van der Waals surface area contributed by atoms with Gasteiger partial charge in [-0.25, -0.2) is 9.59 Å². The average Bonchev–Trinajstić information content (AvgIpc) is 3.07. The van der Waals surface area contributed by atoms with E-state index in [1.165, 1.54) is 24.3 Å². The van der Waals surface area contributed by atoms with Gasteiger partial charge in [-0.2, -0.15) is 0 Å². The highest BCUT2D eigenvalue weighted by atomic mass is 16.5. The van der Waals surface area contributed by atoms with Crippen molar-refractivity contribution in [3.8, 4) is 0 Å². The van der Waals surface area contributed by atoms with Crippen LogP contribution in [0.3, 0.4) is 0 Å². The number of ketones is 1. The van der Waals surface area contributed by atoms with Crippen molar-refractivity contribution in [1.29, 1.82) is 0 Å². The molecule has 14 heteroatoms. The summed E-state index contributed by atoms with van der Waals surface area (Å²) in [6.45, 7) is 10.4. The molecule has 0 aromatic heterocycles. The van der Waals surface area contributed by atoms with Gasteiger partial charge >= 0.3 is 12.1 Å². The van der Waals surface area contributed by atoms with Crippen LogP contribution >= 0.6 is 0 Å². The number of hydrogen-bond acceptors (Lipinski definition) is 8. The second-order valence-corrected chi connectivity index (χ2v) is 12.0. The Kier molecular flexibility index (Phi) is 16.5. The van der Waals surface area contributed by atoms with E-state index in [9.17, 15) is 38.7 Å². The third-order valence-corrected chi connectivity index (χ3v) is 7.61. The zero-order valence-corrected chi connectivity index (χ0v) is 27.5. The zero-order valence-electron chi connectivity index (χ0n) is 27.5. The van der Waals surface area contributed by atoms with E-state index in [2.05, 4.69) is 39.7 Å². The Bertz CT molecular complexity index is 1310. The fourth-order valence-corrected chi connectivity index (χ4v) is 5.16. The maximum Gasteiger partial charge on any atom is 0.407 e. The smallest absolute Gasteiger partial charge is 0.407 e. The van der Waals surface area contributed by atoms with Crippen LogP contribution in [0.1, 0.15) is 70.4 Å². The van der Waals surface area contributed by atoms with Crippen molar-refractivity contribution in [3.63, 3.8) is 0 Å². The number of carbonyl (C=O) groups excluding carboxylic acids is 6. The number of hydrogen-bond donors (Lipinski definition) is 6. The van der Waals surface area contributed by atoms with Gasteiger partial charge in [-0.05, 0) is 43.1 Å². The highest BCUT2D eigenvalue weighted by molar-refractivity contribution is 6.38. The van der Waals surface area contributed by atoms with E-state index in [1.54, 1.807) is 18.2 Å². The Morgan fingerprint density at radius 3 is 2.04 bits per heavy atom. The summed E-state index contributed by atoms with van der Waals surface area (Å²) < 4.78 is 5.23. The summed E-state index contributed by atoms with van der Waals surface area (Å²) in [5.41, 5.74) is 0.308. The van der Waals surface area contributed by atoms with Gasteiger partial charge in [0.1, 0.15) is 18.1 Å². The van der Waals surface area contributed by atoms with Gasteiger partial charge in [0.15, 0.2) is 6.04 Å². The molecule has 1 saturated carbocycles. The lowest BCUT2D eigenvalue weighted by atomic mass is 9.83. The third-order valence-electron chi connectivity index (χ3n) is 7.61. The minimum atomic E-state index is -1.39. The number of carboxylic acids is 1. The van der Waals surface area contributed by atoms with Crippen molar-refractivity contribution < 1.29 is 43.4 Å². The van der Waals surface area contributed by atoms with Crippen molar-refractivity contribution in [1.82, 2.24) is 26.6 Å². The lowest BCUT2D eigenvalue weighted by Crippen LogP contribution is -2.58. The molecule has 14 nitrogen and oxygen atoms in total. The SMILES string of the molecule is C=CCC(NC(=O)[C@H](CC=C)NC(=O)[C@@H](NC(=O)OCC(C)C)C1CCCCC1)C(=O)C(=O)NCC(=O)N[C@H](C(=O)O)c1ccccc1. The lowest BCUT2D eigenvalue weighted by molar-refractivity contribution is -0.142. The molecule has 262 valence electrons. The van der Waals surface area contributed by atoms with Gasteiger partial charge in [-0.15, -0.1) is 13.2 Å². The highest BCUT2D eigenvalue weighted by Crippen LogP contribution is 2.27. The minimum Gasteiger partial charge on any atom is -0.479 e. The van der Waals surface area contributed by atoms with E-state index < -0.39 is 72.2 Å². The number of Topliss-reactive ketones (excluding diaryl/α,β-unsaturated/α-hetero) is 1. The van der Waals surface area contributed by atoms with Gasteiger partial charge in [-0.3, -0.25) is 24.0 Å². The van der Waals surface area contributed by atoms with Gasteiger partial charge in [0, 0.05) is 0 Å². The molecular weight excluding hydrogens is 622 g/mol. The predicted molar refractivity (Wildman–Crippen MR) is 176 cm³/mol. The third kappa shape index (κ3) is 13.0. The van der Waals surface area contributed by atoms with E-state index in [0.29, 0.717) is 18.4 Å². The van der Waals surface area contributed by atoms with Crippen LogP contribution in [0.4, 0.5) is 4.79 Å². The molecule has 0 saturated heterocycles. The van der Waals surface area contributed by atoms with Crippen LogP contribution in [0.15, 0.2) is 55.6 Å². The first kappa shape index (κ1) is 39.2. The van der Waals surface area contributed by atoms with E-state index in [-0.39, 0.29) is 31.3 Å². The zero-order chi connectivity index (χ0) is 35.6. The fraction of sp³-hybridized carbons (Fsp3) is 0.500. The van der Waals surface area contributed by atoms with Crippen LogP contribution in [-0.4, -0.2) is 77.9 Å². The summed E-state index contributed by atoms with van der Waals surface area (Å²) in [6.07, 6.45) is 5.98. The Labute approximate surface area is 280 Å². The van der Waals surface area contributed by atoms with Crippen LogP contribution in [0.2, 0.25) is 0 Å². The number of alkyl carbamates (subject to hydrolysis) is 1. The summed E-state index contributed by atoms with van der Waals surface area (Å²) in [6, 6.07) is 2.99. The second kappa shape index (κ2) is 20.3. The first-order valence-corrected chi connectivity index (χ1v) is 16.0. The summed E-state index contributed by atoms with van der Waals surface area (Å²) in [5, 5.41) is 21.7. The average molecular weight is 670 g/mol. The normalized spacial score (nSPS) is 15.4. The van der Waals surface area contributed by atoms with Crippen LogP contribution in [-0.2, 0) is 33.5 Å². The standard InChI is InChI=1S/C34H47N5O9/c1-5-13-24(29(41)32(44)35-19-26(40)38-28(33(45)46)23-17-11-8-12-18-23)36-30(42)25(14-6-2)37-31(43)27(22-15-9-7-10-16-22)39-34(47)48-20-21(3)4/h5-6,8,11-12,17-18,21-22,24-25,27-28H,1-2,7,9-10,13-16,19-20H2,3-4H3,(H,35,44)(H,36,42)(H,37,43)(H,38,40)(H,39,47)(H,45,46)/t24?,25-,27-,28-/m0/s1. The number of aliphatic carboxylic acids is 1. The van der Waals surface area contributed by atoms with Crippen LogP contribution in [0.5, 0.6) is 0 Å². The van der Waals surface area contributed by atoms with Gasteiger partial charge in [0.25, 0.3) is 5.91 Å². The molecule has 1 aromatic rings. The maximum absolute atomic E-state index is 13.5. The second-order valence-electron chi connectivity index (χ2n) is 12.0. The van der Waals surface area contributed by atoms with Gasteiger partial charge in [-0.1, -0.05) is 75.6 Å². The number of benzene rings is 1. The topological polar surface area (TPSA) is 209 Å². The quantitative estimate of drug-likeness (QED) is 0.0940. The summed E-state index contributed by atoms with van der Waals surface area (Å²) in [4.78, 5) is 89.1. The summed E-state index contributed by atoms with van der Waals surface area (Å²) >= 11 is 0. The number of nitrogens with one attached hydrogen (secondary N) is 5. The van der Waals surface area contributed by atoms with E-state index in [1.807, 2.05) is 13.8 Å². The number of ether oxygens (including phenoxy) is 1. The molecule has 0 bridgehead atoms. The molecule has 1 unspecified atom stereocenters. The predicted octanol–water partition coefficient (Wildman–Crippen LogP) is 2.07. The Hall–Kier alpha value is -5.01. The van der Waals surface area contributed by atoms with E-state index in [4.69, 9.17) is 4.74 Å². The lowest BCUT2D eigenvalue weighted by Gasteiger charge is -2.31. The maximum atomic E-state index is 13.5. The molecule has 1 aliphatic rings. The molecule has 0 radical (unpaired) electrons. The van der Waals surface area contributed by atoms with Gasteiger partial charge in [0.2, 0.25) is 23.5 Å². The molecule has 1 aliphatic carbocycles. The Morgan fingerprint density at radius 2 is 1.46 bits per heavy atom. The van der Waals surface area contributed by atoms with Crippen molar-refractivity contribution in [3.05, 3.63) is 61.2 Å². The number of amides is 5. The van der Waals surface area contributed by atoms with Crippen LogP contribution < -0.4 is 26.6 Å². The minimum absolute atomic E-state index is 0.0275. The molecule has 1 fully saturated rings. The molecule has 1 aromatic carbocycles. The monoisotopic (exact) mass is 669 g/mol. The molecule has 4 atom stereocenters. The van der Waals surface area contributed by atoms with E-state index >= 15 is 0 Å². The number of rotatable bonds is 19. The first-order valence-electron chi connectivity index (χ1n) is 16.0. The number of carboxylic acid groups (broad SMARTS) is 1. The first-order chi connectivity index (χ1) is 22.9. The molecular formula is C34H47N5O9. The Balaban J connectivity index is 2.07. The molecule has 0 aliphatic heterocycles. The van der Waals surface area contributed by atoms with E-state index in [0.717, 1.165) is 19.3 Å². The largest absolute Gasteiger partial charge is 0.479 e. The van der Waals surface area contributed by atoms with Crippen molar-refractivity contribution >= 4 is 41.5 Å². The molecule has 48 heavy (non-hydrogen) atoms. The van der Waals surface area contributed by atoms with Crippen molar-refractivity contribution in [2.75, 3.05) is 13.2 Å². The van der Waals surface area contributed by atoms with Crippen molar-refractivity contribution in [2.45, 2.75) is 83.0 Å². The van der Waals surface area contributed by atoms with Gasteiger partial charge < -0.3 is 36.4 Å². The summed E-state index contributed by atoms with van der Waals surface area (Å²) in [5.74, 6) is -5.94. The number of carbonyl (C=O) groups is 7. The molecule has 5 amide bonds. The van der Waals surface area contributed by atoms with Crippen molar-refractivity contribution in [2.24, 2.45) is 11.8 Å². The van der Waals surface area contributed by atoms with Gasteiger partial charge in [0.05, 0.1) is 13.2 Å². The molecule has 6 N–H and O–H groups in total.